The summed E-state index contributed by atoms with van der Waals surface area (Å²) in [6.07, 6.45) is 6.05. The molecule has 1 aromatic heterocycles. The van der Waals surface area contributed by atoms with Crippen molar-refractivity contribution in [1.29, 1.82) is 0 Å². The Morgan fingerprint density at radius 3 is 2.70 bits per heavy atom. The number of methoxy groups -OCH3 is 1. The number of likely N-dealkylation sites (tertiary alicyclic amines) is 1. The third-order valence-corrected chi connectivity index (χ3v) is 5.96. The van der Waals surface area contributed by atoms with Gasteiger partial charge >= 0.3 is 0 Å². The van der Waals surface area contributed by atoms with Crippen LogP contribution < -0.4 is 19.9 Å². The summed E-state index contributed by atoms with van der Waals surface area (Å²) in [7, 11) is 1.68. The van der Waals surface area contributed by atoms with E-state index in [0.717, 1.165) is 69.2 Å². The van der Waals surface area contributed by atoms with E-state index < -0.39 is 0 Å². The molecule has 4 rings (SSSR count). The first-order valence-electron chi connectivity index (χ1n) is 11.0. The fourth-order valence-electron chi connectivity index (χ4n) is 4.20. The number of rotatable bonds is 8. The number of anilines is 1. The number of hydrogen-bond acceptors (Lipinski definition) is 6. The van der Waals surface area contributed by atoms with Crippen LogP contribution in [0, 0.1) is 0 Å². The van der Waals surface area contributed by atoms with Crippen molar-refractivity contribution in [3.05, 3.63) is 46.4 Å². The predicted molar refractivity (Wildman–Crippen MR) is 118 cm³/mol. The largest absolute Gasteiger partial charge is 0.493 e. The quantitative estimate of drug-likeness (QED) is 0.664. The lowest BCUT2D eigenvalue weighted by Crippen LogP contribution is -2.41. The third kappa shape index (κ3) is 4.61. The van der Waals surface area contributed by atoms with Gasteiger partial charge in [0.15, 0.2) is 11.5 Å². The Morgan fingerprint density at radius 2 is 2.00 bits per heavy atom. The highest BCUT2D eigenvalue weighted by Crippen LogP contribution is 2.30. The molecule has 0 amide bonds. The van der Waals surface area contributed by atoms with E-state index in [2.05, 4.69) is 34.0 Å². The summed E-state index contributed by atoms with van der Waals surface area (Å²) in [5, 5.41) is 4.51. The van der Waals surface area contributed by atoms with E-state index in [1.54, 1.807) is 17.9 Å². The van der Waals surface area contributed by atoms with Gasteiger partial charge in [-0.1, -0.05) is 13.0 Å². The average molecular weight is 413 g/mol. The van der Waals surface area contributed by atoms with Crippen LogP contribution in [-0.4, -0.2) is 54.6 Å². The SMILES string of the molecule is CCCOc1ccc(CN2CCC[C@H](n3ncc(N4CCC4)cc3=O)C2)cc1OC. The highest BCUT2D eigenvalue weighted by Gasteiger charge is 2.24. The van der Waals surface area contributed by atoms with Crippen molar-refractivity contribution in [2.24, 2.45) is 0 Å². The molecule has 2 saturated heterocycles. The van der Waals surface area contributed by atoms with E-state index in [1.807, 2.05) is 12.3 Å². The van der Waals surface area contributed by atoms with Gasteiger partial charge in [-0.25, -0.2) is 4.68 Å². The van der Waals surface area contributed by atoms with E-state index in [9.17, 15) is 4.79 Å². The van der Waals surface area contributed by atoms with Crippen LogP contribution in [0.2, 0.25) is 0 Å². The second-order valence-electron chi connectivity index (χ2n) is 8.20. The Balaban J connectivity index is 1.42. The topological polar surface area (TPSA) is 59.8 Å². The first kappa shape index (κ1) is 20.7. The Labute approximate surface area is 178 Å². The van der Waals surface area contributed by atoms with Crippen molar-refractivity contribution in [3.8, 4) is 11.5 Å². The molecule has 7 heteroatoms. The molecular formula is C23H32N4O3. The van der Waals surface area contributed by atoms with Crippen molar-refractivity contribution >= 4 is 5.69 Å². The first-order valence-corrected chi connectivity index (χ1v) is 11.0. The number of ether oxygens (including phenoxy) is 2. The van der Waals surface area contributed by atoms with E-state index in [4.69, 9.17) is 9.47 Å². The first-order chi connectivity index (χ1) is 14.7. The maximum atomic E-state index is 12.7. The van der Waals surface area contributed by atoms with Gasteiger partial charge in [0, 0.05) is 32.2 Å². The molecule has 0 bridgehead atoms. The molecule has 1 aromatic carbocycles. The van der Waals surface area contributed by atoms with Crippen LogP contribution >= 0.6 is 0 Å². The minimum atomic E-state index is 0.00495. The van der Waals surface area contributed by atoms with Gasteiger partial charge < -0.3 is 14.4 Å². The summed E-state index contributed by atoms with van der Waals surface area (Å²) in [6, 6.07) is 8.01. The second kappa shape index (κ2) is 9.51. The number of piperidine rings is 1. The summed E-state index contributed by atoms with van der Waals surface area (Å²) < 4.78 is 13.0. The van der Waals surface area contributed by atoms with Gasteiger partial charge in [0.2, 0.25) is 0 Å². The average Bonchev–Trinajstić information content (AvgIpc) is 2.72. The highest BCUT2D eigenvalue weighted by atomic mass is 16.5. The molecule has 0 spiro atoms. The highest BCUT2D eigenvalue weighted by molar-refractivity contribution is 5.45. The van der Waals surface area contributed by atoms with Gasteiger partial charge in [-0.15, -0.1) is 0 Å². The summed E-state index contributed by atoms with van der Waals surface area (Å²) in [5.41, 5.74) is 2.14. The number of nitrogens with zero attached hydrogens (tertiary/aromatic N) is 4. The van der Waals surface area contributed by atoms with Crippen LogP contribution in [-0.2, 0) is 6.54 Å². The second-order valence-corrected chi connectivity index (χ2v) is 8.20. The lowest BCUT2D eigenvalue weighted by atomic mass is 10.0. The summed E-state index contributed by atoms with van der Waals surface area (Å²) in [4.78, 5) is 17.3. The van der Waals surface area contributed by atoms with E-state index in [0.29, 0.717) is 6.61 Å². The third-order valence-electron chi connectivity index (χ3n) is 5.96. The number of hydrogen-bond donors (Lipinski definition) is 0. The molecule has 30 heavy (non-hydrogen) atoms. The zero-order chi connectivity index (χ0) is 20.9. The molecule has 0 unspecified atom stereocenters. The molecule has 1 atom stereocenters. The van der Waals surface area contributed by atoms with Crippen LogP contribution in [0.1, 0.15) is 44.2 Å². The Morgan fingerprint density at radius 1 is 1.13 bits per heavy atom. The molecule has 0 radical (unpaired) electrons. The van der Waals surface area contributed by atoms with E-state index in [-0.39, 0.29) is 11.6 Å². The molecule has 2 aromatic rings. The van der Waals surface area contributed by atoms with Gasteiger partial charge in [0.1, 0.15) is 0 Å². The van der Waals surface area contributed by atoms with Gasteiger partial charge in [0.05, 0.1) is 31.6 Å². The molecular weight excluding hydrogens is 380 g/mol. The zero-order valence-corrected chi connectivity index (χ0v) is 18.0. The van der Waals surface area contributed by atoms with E-state index >= 15 is 0 Å². The molecule has 0 saturated carbocycles. The van der Waals surface area contributed by atoms with Crippen LogP contribution in [0.5, 0.6) is 11.5 Å². The normalized spacial score (nSPS) is 19.4. The lowest BCUT2D eigenvalue weighted by Gasteiger charge is -2.34. The molecule has 0 aliphatic carbocycles. The molecule has 7 nitrogen and oxygen atoms in total. The van der Waals surface area contributed by atoms with Crippen LogP contribution in [0.15, 0.2) is 35.3 Å². The van der Waals surface area contributed by atoms with Crippen molar-refractivity contribution in [3.63, 3.8) is 0 Å². The molecule has 2 fully saturated rings. The predicted octanol–water partition coefficient (Wildman–Crippen LogP) is 3.09. The van der Waals surface area contributed by atoms with Crippen LogP contribution in [0.25, 0.3) is 0 Å². The standard InChI is InChI=1S/C23H32N4O3/c1-3-12-30-21-8-7-18(13-22(21)29-2)16-25-9-4-6-19(17-25)27-23(28)14-20(15-24-27)26-10-5-11-26/h7-8,13-15,19H,3-6,9-12,16-17H2,1-2H3/t19-/m0/s1. The maximum Gasteiger partial charge on any atom is 0.269 e. The molecule has 3 heterocycles. The van der Waals surface area contributed by atoms with Gasteiger partial charge in [-0.3, -0.25) is 9.69 Å². The van der Waals surface area contributed by atoms with Gasteiger partial charge in [-0.05, 0) is 49.9 Å². The summed E-state index contributed by atoms with van der Waals surface area (Å²) >= 11 is 0. The van der Waals surface area contributed by atoms with Crippen molar-refractivity contribution in [2.45, 2.75) is 45.2 Å². The Bertz CT molecular complexity index is 910. The van der Waals surface area contributed by atoms with Gasteiger partial charge in [0.25, 0.3) is 5.56 Å². The van der Waals surface area contributed by atoms with Crippen LogP contribution in [0.3, 0.4) is 0 Å². The lowest BCUT2D eigenvalue weighted by molar-refractivity contribution is 0.159. The fourth-order valence-corrected chi connectivity index (χ4v) is 4.20. The summed E-state index contributed by atoms with van der Waals surface area (Å²) in [6.45, 7) is 7.48. The zero-order valence-electron chi connectivity index (χ0n) is 18.0. The molecule has 2 aliphatic rings. The van der Waals surface area contributed by atoms with Crippen molar-refractivity contribution in [2.75, 3.05) is 44.8 Å². The number of benzene rings is 1. The van der Waals surface area contributed by atoms with Crippen LogP contribution in [0.4, 0.5) is 5.69 Å². The maximum absolute atomic E-state index is 12.7. The molecule has 2 aliphatic heterocycles. The van der Waals surface area contributed by atoms with E-state index in [1.165, 1.54) is 12.0 Å². The number of aromatic nitrogens is 2. The molecule has 162 valence electrons. The minimum absolute atomic E-state index is 0.00495. The van der Waals surface area contributed by atoms with Gasteiger partial charge in [-0.2, -0.15) is 5.10 Å². The van der Waals surface area contributed by atoms with Crippen molar-refractivity contribution < 1.29 is 9.47 Å². The minimum Gasteiger partial charge on any atom is -0.493 e. The molecule has 0 N–H and O–H groups in total. The Kier molecular flexibility index (Phi) is 6.57. The van der Waals surface area contributed by atoms with Crippen molar-refractivity contribution in [1.82, 2.24) is 14.7 Å². The monoisotopic (exact) mass is 412 g/mol. The Hall–Kier alpha value is -2.54. The fraction of sp³-hybridized carbons (Fsp3) is 0.565. The smallest absolute Gasteiger partial charge is 0.269 e. The summed E-state index contributed by atoms with van der Waals surface area (Å²) in [5.74, 6) is 1.56.